The number of anilines is 2. The van der Waals surface area contributed by atoms with Crippen LogP contribution in [0.1, 0.15) is 5.56 Å². The number of benzene rings is 2. The first-order valence-corrected chi connectivity index (χ1v) is 7.28. The average molecular weight is 330 g/mol. The molecule has 0 saturated heterocycles. The Morgan fingerprint density at radius 1 is 1.00 bits per heavy atom. The van der Waals surface area contributed by atoms with E-state index in [0.29, 0.717) is 16.4 Å². The lowest BCUT2D eigenvalue weighted by Gasteiger charge is -2.07. The number of carbonyl (C=O) groups excluding carboxylic acids is 2. The minimum absolute atomic E-state index is 0.267. The van der Waals surface area contributed by atoms with E-state index >= 15 is 0 Å². The van der Waals surface area contributed by atoms with Crippen molar-refractivity contribution in [2.45, 2.75) is 0 Å². The van der Waals surface area contributed by atoms with Crippen molar-refractivity contribution in [2.75, 3.05) is 17.7 Å². The van der Waals surface area contributed by atoms with Gasteiger partial charge in [0.2, 0.25) is 5.91 Å². The van der Waals surface area contributed by atoms with Gasteiger partial charge in [0.15, 0.2) is 0 Å². The smallest absolute Gasteiger partial charge is 0.318 e. The zero-order valence-electron chi connectivity index (χ0n) is 12.5. The molecule has 0 fully saturated rings. The maximum Gasteiger partial charge on any atom is 0.318 e. The molecule has 0 heterocycles. The molecule has 0 aliphatic rings. The maximum absolute atomic E-state index is 11.9. The number of amides is 3. The molecular weight excluding hydrogens is 314 g/mol. The minimum atomic E-state index is -0.323. The molecule has 0 bridgehead atoms. The summed E-state index contributed by atoms with van der Waals surface area (Å²) < 4.78 is 0. The first-order chi connectivity index (χ1) is 11.1. The van der Waals surface area contributed by atoms with Crippen molar-refractivity contribution in [3.05, 3.63) is 65.2 Å². The Labute approximate surface area is 139 Å². The van der Waals surface area contributed by atoms with E-state index in [2.05, 4.69) is 16.0 Å². The Hall–Kier alpha value is -2.79. The van der Waals surface area contributed by atoms with Crippen LogP contribution in [0.2, 0.25) is 5.02 Å². The van der Waals surface area contributed by atoms with Gasteiger partial charge in [-0.15, -0.1) is 0 Å². The third kappa shape index (κ3) is 5.48. The molecule has 5 nitrogen and oxygen atoms in total. The van der Waals surface area contributed by atoms with Crippen molar-refractivity contribution >= 4 is 41.0 Å². The van der Waals surface area contributed by atoms with E-state index in [9.17, 15) is 9.59 Å². The SMILES string of the molecule is CNC(=O)Nc1cccc(NC(=O)/C=C/c2ccc(Cl)cc2)c1. The lowest BCUT2D eigenvalue weighted by atomic mass is 10.2. The molecule has 2 aromatic carbocycles. The van der Waals surface area contributed by atoms with Crippen LogP contribution in [0.25, 0.3) is 6.08 Å². The van der Waals surface area contributed by atoms with Crippen LogP contribution in [0.3, 0.4) is 0 Å². The van der Waals surface area contributed by atoms with Crippen molar-refractivity contribution in [3.63, 3.8) is 0 Å². The second-order valence-corrected chi connectivity index (χ2v) is 5.10. The molecule has 0 aliphatic carbocycles. The normalized spacial score (nSPS) is 10.3. The molecule has 2 aromatic rings. The van der Waals surface area contributed by atoms with Gasteiger partial charge >= 0.3 is 6.03 Å². The molecule has 118 valence electrons. The third-order valence-electron chi connectivity index (χ3n) is 2.91. The molecule has 0 saturated carbocycles. The number of halogens is 1. The predicted octanol–water partition coefficient (Wildman–Crippen LogP) is 3.74. The fraction of sp³-hybridized carbons (Fsp3) is 0.0588. The van der Waals surface area contributed by atoms with Gasteiger partial charge in [0.25, 0.3) is 0 Å². The molecule has 0 unspecified atom stereocenters. The quantitative estimate of drug-likeness (QED) is 0.748. The Bertz CT molecular complexity index is 727. The van der Waals surface area contributed by atoms with E-state index < -0.39 is 0 Å². The van der Waals surface area contributed by atoms with Gasteiger partial charge in [0.1, 0.15) is 0 Å². The largest absolute Gasteiger partial charge is 0.341 e. The lowest BCUT2D eigenvalue weighted by Crippen LogP contribution is -2.24. The van der Waals surface area contributed by atoms with Crippen LogP contribution in [-0.2, 0) is 4.79 Å². The molecule has 6 heteroatoms. The highest BCUT2D eigenvalue weighted by molar-refractivity contribution is 6.30. The van der Waals surface area contributed by atoms with Crippen LogP contribution >= 0.6 is 11.6 Å². The number of hydrogen-bond acceptors (Lipinski definition) is 2. The van der Waals surface area contributed by atoms with Crippen molar-refractivity contribution < 1.29 is 9.59 Å². The third-order valence-corrected chi connectivity index (χ3v) is 3.16. The highest BCUT2D eigenvalue weighted by atomic mass is 35.5. The number of carbonyl (C=O) groups is 2. The molecule has 0 atom stereocenters. The van der Waals surface area contributed by atoms with Crippen LogP contribution in [0.5, 0.6) is 0 Å². The maximum atomic E-state index is 11.9. The van der Waals surface area contributed by atoms with Gasteiger partial charge in [0.05, 0.1) is 0 Å². The zero-order valence-corrected chi connectivity index (χ0v) is 13.2. The van der Waals surface area contributed by atoms with Gasteiger partial charge in [0, 0.05) is 29.5 Å². The summed E-state index contributed by atoms with van der Waals surface area (Å²) in [6.07, 6.45) is 3.13. The number of nitrogens with one attached hydrogen (secondary N) is 3. The standard InChI is InChI=1S/C17H16ClN3O2/c1-19-17(23)21-15-4-2-3-14(11-15)20-16(22)10-7-12-5-8-13(18)9-6-12/h2-11H,1H3,(H,20,22)(H2,19,21,23)/b10-7+. The first-order valence-electron chi connectivity index (χ1n) is 6.90. The number of rotatable bonds is 4. The summed E-state index contributed by atoms with van der Waals surface area (Å²) in [6.45, 7) is 0. The van der Waals surface area contributed by atoms with Crippen LogP contribution < -0.4 is 16.0 Å². The second kappa shape index (κ2) is 8.00. The molecule has 2 rings (SSSR count). The highest BCUT2D eigenvalue weighted by Crippen LogP contribution is 2.15. The highest BCUT2D eigenvalue weighted by Gasteiger charge is 2.02. The predicted molar refractivity (Wildman–Crippen MR) is 93.6 cm³/mol. The van der Waals surface area contributed by atoms with Gasteiger partial charge < -0.3 is 16.0 Å². The van der Waals surface area contributed by atoms with E-state index in [1.807, 2.05) is 12.1 Å². The minimum Gasteiger partial charge on any atom is -0.341 e. The molecule has 23 heavy (non-hydrogen) atoms. The Balaban J connectivity index is 1.98. The topological polar surface area (TPSA) is 70.2 Å². The van der Waals surface area contributed by atoms with Gasteiger partial charge in [-0.05, 0) is 42.0 Å². The summed E-state index contributed by atoms with van der Waals surface area (Å²) in [7, 11) is 1.53. The van der Waals surface area contributed by atoms with E-state index in [0.717, 1.165) is 5.56 Å². The monoisotopic (exact) mass is 329 g/mol. The summed E-state index contributed by atoms with van der Waals surface area (Å²) in [5, 5.41) is 8.47. The molecular formula is C17H16ClN3O2. The number of hydrogen-bond donors (Lipinski definition) is 3. The summed E-state index contributed by atoms with van der Waals surface area (Å²) in [5.41, 5.74) is 2.05. The van der Waals surface area contributed by atoms with Crippen LogP contribution in [0.4, 0.5) is 16.2 Å². The van der Waals surface area contributed by atoms with Crippen molar-refractivity contribution in [3.8, 4) is 0 Å². The molecule has 3 N–H and O–H groups in total. The van der Waals surface area contributed by atoms with E-state index in [1.165, 1.54) is 13.1 Å². The molecule has 3 amide bonds. The fourth-order valence-electron chi connectivity index (χ4n) is 1.80. The number of urea groups is 1. The zero-order chi connectivity index (χ0) is 16.7. The van der Waals surface area contributed by atoms with Crippen molar-refractivity contribution in [1.29, 1.82) is 0 Å². The van der Waals surface area contributed by atoms with E-state index in [4.69, 9.17) is 11.6 Å². The van der Waals surface area contributed by atoms with Crippen LogP contribution in [-0.4, -0.2) is 19.0 Å². The van der Waals surface area contributed by atoms with Gasteiger partial charge in [-0.2, -0.15) is 0 Å². The van der Waals surface area contributed by atoms with Crippen LogP contribution in [0, 0.1) is 0 Å². The lowest BCUT2D eigenvalue weighted by molar-refractivity contribution is -0.111. The fourth-order valence-corrected chi connectivity index (χ4v) is 1.92. The molecule has 0 radical (unpaired) electrons. The summed E-state index contributed by atoms with van der Waals surface area (Å²) in [6, 6.07) is 13.7. The first kappa shape index (κ1) is 16.6. The second-order valence-electron chi connectivity index (χ2n) is 4.66. The Morgan fingerprint density at radius 2 is 1.65 bits per heavy atom. The summed E-state index contributed by atoms with van der Waals surface area (Å²) in [5.74, 6) is -0.267. The Kier molecular flexibility index (Phi) is 5.77. The molecule has 0 spiro atoms. The van der Waals surface area contributed by atoms with E-state index in [-0.39, 0.29) is 11.9 Å². The van der Waals surface area contributed by atoms with Crippen LogP contribution in [0.15, 0.2) is 54.6 Å². The van der Waals surface area contributed by atoms with Gasteiger partial charge in [-0.25, -0.2) is 4.79 Å². The molecule has 0 aliphatic heterocycles. The van der Waals surface area contributed by atoms with Gasteiger partial charge in [-0.3, -0.25) is 4.79 Å². The van der Waals surface area contributed by atoms with Crippen molar-refractivity contribution in [1.82, 2.24) is 5.32 Å². The summed E-state index contributed by atoms with van der Waals surface area (Å²) >= 11 is 5.81. The van der Waals surface area contributed by atoms with E-state index in [1.54, 1.807) is 42.5 Å². The summed E-state index contributed by atoms with van der Waals surface area (Å²) in [4.78, 5) is 23.2. The molecule has 0 aromatic heterocycles. The Morgan fingerprint density at radius 3 is 2.30 bits per heavy atom. The average Bonchev–Trinajstić information content (AvgIpc) is 2.54. The van der Waals surface area contributed by atoms with Gasteiger partial charge in [-0.1, -0.05) is 29.8 Å². The van der Waals surface area contributed by atoms with Crippen molar-refractivity contribution in [2.24, 2.45) is 0 Å².